The molecule has 1 fully saturated rings. The summed E-state index contributed by atoms with van der Waals surface area (Å²) < 4.78 is 20.7. The van der Waals surface area contributed by atoms with Crippen molar-refractivity contribution in [3.05, 3.63) is 30.8 Å². The smallest absolute Gasteiger partial charge is 0.329 e. The van der Waals surface area contributed by atoms with Crippen LogP contribution in [0.2, 0.25) is 0 Å². The van der Waals surface area contributed by atoms with Crippen molar-refractivity contribution in [3.63, 3.8) is 0 Å². The minimum absolute atomic E-state index is 0.491. The fourth-order valence-electron chi connectivity index (χ4n) is 2.32. The Morgan fingerprint density at radius 3 is 2.56 bits per heavy atom. The highest BCUT2D eigenvalue weighted by Gasteiger charge is 2.42. The van der Waals surface area contributed by atoms with Crippen LogP contribution in [0.25, 0.3) is 11.3 Å². The van der Waals surface area contributed by atoms with Gasteiger partial charge in [0.2, 0.25) is 0 Å². The second-order valence-electron chi connectivity index (χ2n) is 5.75. The third kappa shape index (κ3) is 3.52. The fourth-order valence-corrected chi connectivity index (χ4v) is 2.32. The van der Waals surface area contributed by atoms with Crippen molar-refractivity contribution in [1.82, 2.24) is 4.98 Å². The van der Waals surface area contributed by atoms with Crippen molar-refractivity contribution in [2.75, 3.05) is 7.11 Å². The highest BCUT2D eigenvalue weighted by molar-refractivity contribution is 6.10. The highest BCUT2D eigenvalue weighted by atomic mass is 16.7. The average molecular weight is 344 g/mol. The molecule has 0 amide bonds. The quantitative estimate of drug-likeness (QED) is 0.477. The van der Waals surface area contributed by atoms with Gasteiger partial charge in [0.15, 0.2) is 18.1 Å². The van der Waals surface area contributed by atoms with Gasteiger partial charge in [0.25, 0.3) is 5.79 Å². The van der Waals surface area contributed by atoms with E-state index in [1.807, 2.05) is 0 Å². The van der Waals surface area contributed by atoms with Gasteiger partial charge < -0.3 is 18.6 Å². The number of nitrogens with zero attached hydrogens (tertiary/aromatic N) is 2. The number of cyclic esters (lactones) is 2. The lowest BCUT2D eigenvalue weighted by atomic mass is 10.1. The van der Waals surface area contributed by atoms with Gasteiger partial charge in [-0.25, -0.2) is 4.98 Å². The molecule has 8 heteroatoms. The molecule has 3 rings (SSSR count). The van der Waals surface area contributed by atoms with Gasteiger partial charge >= 0.3 is 11.9 Å². The lowest BCUT2D eigenvalue weighted by Gasteiger charge is -2.31. The fraction of sp³-hybridized carbons (Fsp3) is 0.294. The molecule has 2 heterocycles. The molecule has 0 N–H and O–H groups in total. The molecule has 0 bridgehead atoms. The molecule has 1 saturated heterocycles. The maximum absolute atomic E-state index is 11.9. The number of carbonyl (C=O) groups is 2. The Kier molecular flexibility index (Phi) is 4.26. The molecule has 0 spiro atoms. The van der Waals surface area contributed by atoms with Crippen LogP contribution in [0.15, 0.2) is 40.2 Å². The Balaban J connectivity index is 1.82. The monoisotopic (exact) mass is 344 g/mol. The van der Waals surface area contributed by atoms with E-state index in [9.17, 15) is 9.59 Å². The number of carbonyl (C=O) groups excluding carboxylic acids is 2. The summed E-state index contributed by atoms with van der Waals surface area (Å²) in [7, 11) is 1.51. The maximum Gasteiger partial charge on any atom is 0.329 e. The zero-order valence-electron chi connectivity index (χ0n) is 13.9. The third-order valence-electron chi connectivity index (χ3n) is 3.46. The Morgan fingerprint density at radius 1 is 1.24 bits per heavy atom. The first kappa shape index (κ1) is 16.7. The molecule has 0 saturated carbocycles. The number of hydrogen-bond acceptors (Lipinski definition) is 8. The topological polar surface area (TPSA) is 100 Å². The molecule has 130 valence electrons. The summed E-state index contributed by atoms with van der Waals surface area (Å²) in [6.07, 6.45) is 4.09. The second-order valence-corrected chi connectivity index (χ2v) is 5.75. The van der Waals surface area contributed by atoms with Crippen molar-refractivity contribution < 1.29 is 28.2 Å². The van der Waals surface area contributed by atoms with Gasteiger partial charge in [-0.1, -0.05) is 0 Å². The van der Waals surface area contributed by atoms with Crippen LogP contribution in [0.4, 0.5) is 5.69 Å². The predicted molar refractivity (Wildman–Crippen MR) is 86.4 cm³/mol. The normalized spacial score (nSPS) is 17.4. The van der Waals surface area contributed by atoms with Crippen molar-refractivity contribution in [2.24, 2.45) is 10.9 Å². The molecule has 1 aromatic carbocycles. The number of rotatable bonds is 4. The highest BCUT2D eigenvalue weighted by Crippen LogP contribution is 2.33. The lowest BCUT2D eigenvalue weighted by Crippen LogP contribution is -2.46. The van der Waals surface area contributed by atoms with Gasteiger partial charge in [0.05, 0.1) is 24.6 Å². The van der Waals surface area contributed by atoms with Crippen LogP contribution in [0.1, 0.15) is 13.8 Å². The van der Waals surface area contributed by atoms with E-state index in [0.717, 1.165) is 0 Å². The van der Waals surface area contributed by atoms with Crippen LogP contribution in [0, 0.1) is 5.92 Å². The van der Waals surface area contributed by atoms with Crippen molar-refractivity contribution in [1.29, 1.82) is 0 Å². The van der Waals surface area contributed by atoms with Crippen molar-refractivity contribution in [2.45, 2.75) is 19.6 Å². The zero-order chi connectivity index (χ0) is 18.0. The van der Waals surface area contributed by atoms with Crippen LogP contribution < -0.4 is 4.74 Å². The molecular formula is C17H16N2O6. The van der Waals surface area contributed by atoms with Crippen molar-refractivity contribution in [3.8, 4) is 17.1 Å². The van der Waals surface area contributed by atoms with Crippen LogP contribution in [-0.2, 0) is 19.1 Å². The largest absolute Gasteiger partial charge is 0.496 e. The molecule has 1 aromatic heterocycles. The van der Waals surface area contributed by atoms with Crippen molar-refractivity contribution >= 4 is 23.8 Å². The van der Waals surface area contributed by atoms with E-state index in [2.05, 4.69) is 9.98 Å². The number of ether oxygens (including phenoxy) is 3. The molecule has 25 heavy (non-hydrogen) atoms. The van der Waals surface area contributed by atoms with E-state index in [-0.39, 0.29) is 0 Å². The van der Waals surface area contributed by atoms with Gasteiger partial charge in [-0.2, -0.15) is 0 Å². The standard InChI is InChI=1S/C17H16N2O6/c1-17(2)24-15(20)12(16(21)25-17)7-19-10-4-5-11(13(6-10)22-3)14-8-18-9-23-14/h4-9,12H,1-3H3. The predicted octanol–water partition coefficient (Wildman–Crippen LogP) is 2.50. The van der Waals surface area contributed by atoms with Gasteiger partial charge in [-0.3, -0.25) is 14.6 Å². The Bertz CT molecular complexity index is 806. The molecular weight excluding hydrogens is 328 g/mol. The van der Waals surface area contributed by atoms with E-state index in [1.54, 1.807) is 24.4 Å². The van der Waals surface area contributed by atoms with Gasteiger partial charge in [0.1, 0.15) is 5.75 Å². The maximum atomic E-state index is 11.9. The SMILES string of the molecule is COc1cc(N=CC2C(=O)OC(C)(C)OC2=O)ccc1-c1cnco1. The van der Waals surface area contributed by atoms with Gasteiger partial charge in [0, 0.05) is 26.1 Å². The summed E-state index contributed by atoms with van der Waals surface area (Å²) in [5, 5.41) is 0. The Morgan fingerprint density at radius 2 is 1.96 bits per heavy atom. The van der Waals surface area contributed by atoms with Gasteiger partial charge in [-0.05, 0) is 12.1 Å². The summed E-state index contributed by atoms with van der Waals surface area (Å²) in [5.41, 5.74) is 1.20. The zero-order valence-corrected chi connectivity index (χ0v) is 13.9. The van der Waals surface area contributed by atoms with Gasteiger partial charge in [-0.15, -0.1) is 0 Å². The third-order valence-corrected chi connectivity index (χ3v) is 3.46. The van der Waals surface area contributed by atoms with Crippen LogP contribution in [-0.4, -0.2) is 36.0 Å². The summed E-state index contributed by atoms with van der Waals surface area (Å²) >= 11 is 0. The van der Waals surface area contributed by atoms with E-state index < -0.39 is 23.6 Å². The average Bonchev–Trinajstić information content (AvgIpc) is 3.07. The minimum Gasteiger partial charge on any atom is -0.496 e. The summed E-state index contributed by atoms with van der Waals surface area (Å²) in [6.45, 7) is 2.98. The van der Waals surface area contributed by atoms with E-state index >= 15 is 0 Å². The molecule has 1 aliphatic rings. The van der Waals surface area contributed by atoms with Crippen LogP contribution >= 0.6 is 0 Å². The molecule has 0 radical (unpaired) electrons. The second kappa shape index (κ2) is 6.39. The first-order valence-electron chi connectivity index (χ1n) is 7.46. The van der Waals surface area contributed by atoms with Crippen LogP contribution in [0.5, 0.6) is 5.75 Å². The summed E-state index contributed by atoms with van der Waals surface area (Å²) in [5.74, 6) is -2.80. The number of esters is 2. The number of methoxy groups -OCH3 is 1. The number of aliphatic imine (C=N–C) groups is 1. The molecule has 0 aliphatic carbocycles. The Labute approximate surface area is 143 Å². The molecule has 0 unspecified atom stereocenters. The summed E-state index contributed by atoms with van der Waals surface area (Å²) in [6, 6.07) is 5.09. The number of oxazole rings is 1. The molecule has 0 atom stereocenters. The van der Waals surface area contributed by atoms with E-state index in [1.165, 1.54) is 33.6 Å². The number of hydrogen-bond donors (Lipinski definition) is 0. The Hall–Kier alpha value is -3.16. The molecule has 1 aliphatic heterocycles. The van der Waals surface area contributed by atoms with E-state index in [4.69, 9.17) is 18.6 Å². The minimum atomic E-state index is -1.26. The number of benzene rings is 1. The first-order chi connectivity index (χ1) is 11.9. The first-order valence-corrected chi connectivity index (χ1v) is 7.46. The lowest BCUT2D eigenvalue weighted by molar-refractivity contribution is -0.235. The van der Waals surface area contributed by atoms with E-state index in [0.29, 0.717) is 22.8 Å². The van der Waals surface area contributed by atoms with Crippen LogP contribution in [0.3, 0.4) is 0 Å². The molecule has 2 aromatic rings. The molecule has 8 nitrogen and oxygen atoms in total. The number of aromatic nitrogens is 1. The summed E-state index contributed by atoms with van der Waals surface area (Å²) in [4.78, 5) is 31.9.